The second-order valence-corrected chi connectivity index (χ2v) is 5.95. The molecule has 0 N–H and O–H groups in total. The summed E-state index contributed by atoms with van der Waals surface area (Å²) in [4.78, 5) is 0. The van der Waals surface area contributed by atoms with Crippen molar-refractivity contribution in [2.75, 3.05) is 13.7 Å². The van der Waals surface area contributed by atoms with E-state index in [0.717, 1.165) is 23.1 Å². The summed E-state index contributed by atoms with van der Waals surface area (Å²) >= 11 is 9.42. The van der Waals surface area contributed by atoms with Crippen LogP contribution in [0.3, 0.4) is 0 Å². The Labute approximate surface area is 111 Å². The molecule has 1 aromatic carbocycles. The average Bonchev–Trinajstić information content (AvgIpc) is 2.21. The number of methoxy groups -OCH3 is 1. The van der Waals surface area contributed by atoms with Gasteiger partial charge in [0.25, 0.3) is 0 Å². The minimum atomic E-state index is 0.141. The van der Waals surface area contributed by atoms with Gasteiger partial charge in [-0.2, -0.15) is 0 Å². The molecule has 0 aromatic heterocycles. The molecule has 0 aliphatic carbocycles. The Bertz CT molecular complexity index is 350. The highest BCUT2D eigenvalue weighted by atomic mass is 79.9. The number of halogens is 2. The van der Waals surface area contributed by atoms with E-state index in [1.54, 1.807) is 7.11 Å². The van der Waals surface area contributed by atoms with Crippen LogP contribution < -0.4 is 0 Å². The van der Waals surface area contributed by atoms with E-state index in [9.17, 15) is 0 Å². The molecule has 0 radical (unpaired) electrons. The maximum atomic E-state index is 5.84. The maximum Gasteiger partial charge on any atom is 0.0516 e. The summed E-state index contributed by atoms with van der Waals surface area (Å²) in [6.07, 6.45) is 0.978. The number of hydrogen-bond acceptors (Lipinski definition) is 1. The summed E-state index contributed by atoms with van der Waals surface area (Å²) in [5.74, 6) is 0.561. The van der Waals surface area contributed by atoms with E-state index >= 15 is 0 Å². The van der Waals surface area contributed by atoms with Crippen molar-refractivity contribution in [1.82, 2.24) is 0 Å². The zero-order valence-electron chi connectivity index (χ0n) is 10.0. The quantitative estimate of drug-likeness (QED) is 0.733. The number of ether oxygens (including phenoxy) is 1. The standard InChI is InChI=1S/C13H18BrClO/c1-13(2,9-16-3)7-11-6-10(8-15)4-5-12(11)14/h4-6H,7-9H2,1-3H3. The van der Waals surface area contributed by atoms with Gasteiger partial charge < -0.3 is 4.74 Å². The van der Waals surface area contributed by atoms with E-state index in [1.807, 2.05) is 6.07 Å². The van der Waals surface area contributed by atoms with Gasteiger partial charge in [-0.25, -0.2) is 0 Å². The lowest BCUT2D eigenvalue weighted by molar-refractivity contribution is 0.104. The van der Waals surface area contributed by atoms with Crippen LogP contribution >= 0.6 is 27.5 Å². The monoisotopic (exact) mass is 304 g/mol. The molecule has 0 fully saturated rings. The van der Waals surface area contributed by atoms with Crippen LogP contribution in [-0.4, -0.2) is 13.7 Å². The van der Waals surface area contributed by atoms with Gasteiger partial charge >= 0.3 is 0 Å². The predicted molar refractivity (Wildman–Crippen MR) is 73.1 cm³/mol. The van der Waals surface area contributed by atoms with Crippen LogP contribution in [0.25, 0.3) is 0 Å². The van der Waals surface area contributed by atoms with Crippen molar-refractivity contribution < 1.29 is 4.74 Å². The molecule has 1 rings (SSSR count). The first kappa shape index (κ1) is 14.0. The Morgan fingerprint density at radius 2 is 2.06 bits per heavy atom. The molecule has 0 heterocycles. The van der Waals surface area contributed by atoms with E-state index in [2.05, 4.69) is 41.9 Å². The summed E-state index contributed by atoms with van der Waals surface area (Å²) in [7, 11) is 1.74. The summed E-state index contributed by atoms with van der Waals surface area (Å²) in [5, 5.41) is 0. The first-order valence-electron chi connectivity index (χ1n) is 5.31. The van der Waals surface area contributed by atoms with Gasteiger partial charge in [0.05, 0.1) is 6.61 Å². The molecular formula is C13H18BrClO. The van der Waals surface area contributed by atoms with Crippen LogP contribution in [-0.2, 0) is 17.0 Å². The van der Waals surface area contributed by atoms with Crippen molar-refractivity contribution in [3.05, 3.63) is 33.8 Å². The largest absolute Gasteiger partial charge is 0.384 e. The fraction of sp³-hybridized carbons (Fsp3) is 0.538. The normalized spacial score (nSPS) is 11.8. The first-order chi connectivity index (χ1) is 7.48. The molecule has 0 saturated carbocycles. The van der Waals surface area contributed by atoms with Gasteiger partial charge in [0.15, 0.2) is 0 Å². The molecular weight excluding hydrogens is 287 g/mol. The van der Waals surface area contributed by atoms with Crippen LogP contribution in [0.15, 0.2) is 22.7 Å². The SMILES string of the molecule is COCC(C)(C)Cc1cc(CCl)ccc1Br. The average molecular weight is 306 g/mol. The third-order valence-electron chi connectivity index (χ3n) is 2.47. The van der Waals surface area contributed by atoms with Gasteiger partial charge in [-0.05, 0) is 29.0 Å². The Morgan fingerprint density at radius 1 is 1.38 bits per heavy atom. The predicted octanol–water partition coefficient (Wildman–Crippen LogP) is 4.40. The van der Waals surface area contributed by atoms with Crippen molar-refractivity contribution >= 4 is 27.5 Å². The van der Waals surface area contributed by atoms with Crippen molar-refractivity contribution in [3.63, 3.8) is 0 Å². The Morgan fingerprint density at radius 3 is 2.62 bits per heavy atom. The Balaban J connectivity index is 2.87. The van der Waals surface area contributed by atoms with Crippen LogP contribution in [0, 0.1) is 5.41 Å². The zero-order chi connectivity index (χ0) is 12.2. The van der Waals surface area contributed by atoms with Gasteiger partial charge in [-0.3, -0.25) is 0 Å². The fourth-order valence-corrected chi connectivity index (χ4v) is 2.36. The van der Waals surface area contributed by atoms with Crippen molar-refractivity contribution in [2.24, 2.45) is 5.41 Å². The maximum absolute atomic E-state index is 5.84. The lowest BCUT2D eigenvalue weighted by atomic mass is 9.86. The van der Waals surface area contributed by atoms with Crippen molar-refractivity contribution in [3.8, 4) is 0 Å². The smallest absolute Gasteiger partial charge is 0.0516 e. The molecule has 16 heavy (non-hydrogen) atoms. The van der Waals surface area contributed by atoms with Crippen molar-refractivity contribution in [1.29, 1.82) is 0 Å². The van der Waals surface area contributed by atoms with Gasteiger partial charge in [-0.15, -0.1) is 11.6 Å². The van der Waals surface area contributed by atoms with E-state index in [4.69, 9.17) is 16.3 Å². The fourth-order valence-electron chi connectivity index (χ4n) is 1.80. The minimum Gasteiger partial charge on any atom is -0.384 e. The summed E-state index contributed by atoms with van der Waals surface area (Å²) < 4.78 is 6.38. The summed E-state index contributed by atoms with van der Waals surface area (Å²) in [5.41, 5.74) is 2.59. The van der Waals surface area contributed by atoms with Crippen LogP contribution in [0.5, 0.6) is 0 Å². The Kier molecular flexibility index (Phi) is 5.29. The number of rotatable bonds is 5. The highest BCUT2D eigenvalue weighted by Crippen LogP contribution is 2.28. The molecule has 0 bridgehead atoms. The zero-order valence-corrected chi connectivity index (χ0v) is 12.4. The highest BCUT2D eigenvalue weighted by molar-refractivity contribution is 9.10. The molecule has 0 amide bonds. The minimum absolute atomic E-state index is 0.141. The molecule has 0 atom stereocenters. The van der Waals surface area contributed by atoms with E-state index in [0.29, 0.717) is 5.88 Å². The lowest BCUT2D eigenvalue weighted by Gasteiger charge is -2.24. The van der Waals surface area contributed by atoms with E-state index < -0.39 is 0 Å². The molecule has 0 spiro atoms. The topological polar surface area (TPSA) is 9.23 Å². The van der Waals surface area contributed by atoms with Gasteiger partial charge in [0.1, 0.15) is 0 Å². The van der Waals surface area contributed by atoms with Gasteiger partial charge in [0.2, 0.25) is 0 Å². The molecule has 0 aliphatic rings. The van der Waals surface area contributed by atoms with Crippen LogP contribution in [0.1, 0.15) is 25.0 Å². The van der Waals surface area contributed by atoms with Crippen LogP contribution in [0.2, 0.25) is 0 Å². The summed E-state index contributed by atoms with van der Waals surface area (Å²) in [6, 6.07) is 6.27. The molecule has 1 nitrogen and oxygen atoms in total. The number of benzene rings is 1. The third kappa shape index (κ3) is 4.08. The summed E-state index contributed by atoms with van der Waals surface area (Å²) in [6.45, 7) is 5.16. The number of hydrogen-bond donors (Lipinski definition) is 0. The molecule has 0 unspecified atom stereocenters. The molecule has 0 aliphatic heterocycles. The van der Waals surface area contributed by atoms with E-state index in [-0.39, 0.29) is 5.41 Å². The first-order valence-corrected chi connectivity index (χ1v) is 6.63. The second kappa shape index (κ2) is 6.04. The molecule has 3 heteroatoms. The van der Waals surface area contributed by atoms with Gasteiger partial charge in [0, 0.05) is 17.5 Å². The number of alkyl halides is 1. The van der Waals surface area contributed by atoms with Crippen molar-refractivity contribution in [2.45, 2.75) is 26.1 Å². The molecule has 1 aromatic rings. The highest BCUT2D eigenvalue weighted by Gasteiger charge is 2.19. The Hall–Kier alpha value is -0.0500. The second-order valence-electron chi connectivity index (χ2n) is 4.83. The van der Waals surface area contributed by atoms with Crippen LogP contribution in [0.4, 0.5) is 0 Å². The third-order valence-corrected chi connectivity index (χ3v) is 3.55. The van der Waals surface area contributed by atoms with Gasteiger partial charge in [-0.1, -0.05) is 41.9 Å². The lowest BCUT2D eigenvalue weighted by Crippen LogP contribution is -2.21. The molecule has 90 valence electrons. The van der Waals surface area contributed by atoms with E-state index in [1.165, 1.54) is 5.56 Å². The molecule has 0 saturated heterocycles.